The summed E-state index contributed by atoms with van der Waals surface area (Å²) in [5.74, 6) is -0.325. The molecule has 0 N–H and O–H groups in total. The molecule has 26 heavy (non-hydrogen) atoms. The zero-order valence-electron chi connectivity index (χ0n) is 14.1. The second-order valence-electron chi connectivity index (χ2n) is 5.38. The molecule has 1 fully saturated rings. The number of halogens is 1. The molecule has 1 heterocycles. The Morgan fingerprint density at radius 3 is 1.92 bits per heavy atom. The molecule has 0 bridgehead atoms. The van der Waals surface area contributed by atoms with Gasteiger partial charge in [0.25, 0.3) is 0 Å². The lowest BCUT2D eigenvalue weighted by molar-refractivity contribution is -0.138. The van der Waals surface area contributed by atoms with Gasteiger partial charge in [-0.15, -0.1) is 0 Å². The summed E-state index contributed by atoms with van der Waals surface area (Å²) in [6.07, 6.45) is 6.29. The lowest BCUT2D eigenvalue weighted by atomic mass is 10.2. The molecule has 0 aliphatic carbocycles. The third-order valence-corrected chi connectivity index (χ3v) is 3.36. The molecule has 134 valence electrons. The van der Waals surface area contributed by atoms with Gasteiger partial charge in [-0.3, -0.25) is 4.79 Å². The van der Waals surface area contributed by atoms with Gasteiger partial charge in [-0.1, -0.05) is 66.7 Å². The normalized spacial score (nSPS) is 15.3. The Morgan fingerprint density at radius 2 is 1.46 bits per heavy atom. The maximum Gasteiger partial charge on any atom is 0.330 e. The molecule has 1 atom stereocenters. The maximum absolute atomic E-state index is 11.2. The Morgan fingerprint density at radius 1 is 0.962 bits per heavy atom. The highest BCUT2D eigenvalue weighted by molar-refractivity contribution is 6.66. The van der Waals surface area contributed by atoms with Gasteiger partial charge in [-0.05, 0) is 34.9 Å². The van der Waals surface area contributed by atoms with Gasteiger partial charge in [0, 0.05) is 6.08 Å². The minimum atomic E-state index is -0.450. The van der Waals surface area contributed by atoms with Crippen molar-refractivity contribution >= 4 is 35.0 Å². The predicted octanol–water partition coefficient (Wildman–Crippen LogP) is 4.11. The predicted molar refractivity (Wildman–Crippen MR) is 103 cm³/mol. The molecule has 1 saturated heterocycles. The number of hydrogen-bond acceptors (Lipinski definition) is 4. The molecule has 0 spiro atoms. The average Bonchev–Trinajstić information content (AvgIpc) is 3.50. The molecule has 2 aromatic rings. The van der Waals surface area contributed by atoms with Gasteiger partial charge in [0.05, 0.1) is 6.61 Å². The Balaban J connectivity index is 0.000000197. The lowest BCUT2D eigenvalue weighted by Crippen LogP contribution is -2.06. The molecular weight excluding hydrogens is 352 g/mol. The van der Waals surface area contributed by atoms with Gasteiger partial charge in [0.2, 0.25) is 5.24 Å². The molecular formula is C21H19ClO4. The number of esters is 1. The molecule has 2 aromatic carbocycles. The van der Waals surface area contributed by atoms with Crippen LogP contribution in [0.4, 0.5) is 0 Å². The van der Waals surface area contributed by atoms with E-state index in [1.54, 1.807) is 12.2 Å². The fourth-order valence-electron chi connectivity index (χ4n) is 1.84. The van der Waals surface area contributed by atoms with Gasteiger partial charge in [0.15, 0.2) is 0 Å². The summed E-state index contributed by atoms with van der Waals surface area (Å²) in [6, 6.07) is 19.1. The zero-order valence-corrected chi connectivity index (χ0v) is 14.8. The van der Waals surface area contributed by atoms with Crippen molar-refractivity contribution in [3.05, 3.63) is 83.9 Å². The number of carbonyl (C=O) groups is 2. The second-order valence-corrected chi connectivity index (χ2v) is 5.75. The number of benzene rings is 2. The largest absolute Gasteiger partial charge is 0.460 e. The van der Waals surface area contributed by atoms with Crippen LogP contribution in [0, 0.1) is 0 Å². The monoisotopic (exact) mass is 370 g/mol. The molecule has 1 aliphatic rings. The van der Waals surface area contributed by atoms with E-state index in [2.05, 4.69) is 0 Å². The fourth-order valence-corrected chi connectivity index (χ4v) is 1.90. The molecule has 4 nitrogen and oxygen atoms in total. The second kappa shape index (κ2) is 11.0. The Bertz CT molecular complexity index is 750. The molecule has 3 rings (SSSR count). The highest BCUT2D eigenvalue weighted by Crippen LogP contribution is 2.09. The Labute approximate surface area is 157 Å². The third kappa shape index (κ3) is 8.97. The lowest BCUT2D eigenvalue weighted by Gasteiger charge is -1.97. The summed E-state index contributed by atoms with van der Waals surface area (Å²) in [6.45, 7) is 1.06. The highest BCUT2D eigenvalue weighted by atomic mass is 35.5. The van der Waals surface area contributed by atoms with Crippen LogP contribution in [-0.4, -0.2) is 30.5 Å². The van der Waals surface area contributed by atoms with Crippen molar-refractivity contribution in [3.8, 4) is 0 Å². The number of rotatable bonds is 6. The van der Waals surface area contributed by atoms with Crippen LogP contribution in [0.5, 0.6) is 0 Å². The molecule has 1 aliphatic heterocycles. The van der Waals surface area contributed by atoms with Crippen LogP contribution in [0.3, 0.4) is 0 Å². The number of hydrogen-bond donors (Lipinski definition) is 0. The molecule has 0 saturated carbocycles. The van der Waals surface area contributed by atoms with Crippen LogP contribution in [0.2, 0.25) is 0 Å². The first-order chi connectivity index (χ1) is 12.6. The van der Waals surface area contributed by atoms with Gasteiger partial charge in [0.1, 0.15) is 12.7 Å². The van der Waals surface area contributed by atoms with Crippen LogP contribution < -0.4 is 0 Å². The van der Waals surface area contributed by atoms with Gasteiger partial charge < -0.3 is 9.47 Å². The van der Waals surface area contributed by atoms with E-state index in [0.29, 0.717) is 13.2 Å². The zero-order chi connectivity index (χ0) is 18.6. The summed E-state index contributed by atoms with van der Waals surface area (Å²) < 4.78 is 9.86. The van der Waals surface area contributed by atoms with Crippen molar-refractivity contribution in [2.24, 2.45) is 0 Å². The van der Waals surface area contributed by atoms with E-state index >= 15 is 0 Å². The fraction of sp³-hybridized carbons (Fsp3) is 0.143. The summed E-state index contributed by atoms with van der Waals surface area (Å²) in [5, 5.41) is -0.450. The summed E-state index contributed by atoms with van der Waals surface area (Å²) in [4.78, 5) is 21.5. The Kier molecular flexibility index (Phi) is 8.33. The third-order valence-electron chi connectivity index (χ3n) is 3.23. The van der Waals surface area contributed by atoms with E-state index in [1.807, 2.05) is 60.7 Å². The molecule has 5 heteroatoms. The number of ether oxygens (including phenoxy) is 2. The van der Waals surface area contributed by atoms with Crippen molar-refractivity contribution in [1.82, 2.24) is 0 Å². The quantitative estimate of drug-likeness (QED) is 0.332. The highest BCUT2D eigenvalue weighted by Gasteiger charge is 2.23. The van der Waals surface area contributed by atoms with Gasteiger partial charge >= 0.3 is 5.97 Å². The number of carbonyl (C=O) groups excluding carboxylic acids is 2. The van der Waals surface area contributed by atoms with Crippen molar-refractivity contribution in [2.75, 3.05) is 13.2 Å². The minimum Gasteiger partial charge on any atom is -0.460 e. The first kappa shape index (κ1) is 19.6. The van der Waals surface area contributed by atoms with Gasteiger partial charge in [-0.25, -0.2) is 4.79 Å². The van der Waals surface area contributed by atoms with Crippen molar-refractivity contribution in [1.29, 1.82) is 0 Å². The molecule has 1 unspecified atom stereocenters. The van der Waals surface area contributed by atoms with Gasteiger partial charge in [-0.2, -0.15) is 0 Å². The summed E-state index contributed by atoms with van der Waals surface area (Å²) in [7, 11) is 0. The first-order valence-corrected chi connectivity index (χ1v) is 8.45. The van der Waals surface area contributed by atoms with E-state index in [-0.39, 0.29) is 12.1 Å². The van der Waals surface area contributed by atoms with E-state index in [9.17, 15) is 9.59 Å². The standard InChI is InChI=1S/C12H12O3.C9H7ClO/c13-12(15-9-11-8-14-11)7-6-10-4-2-1-3-5-10;10-9(11)7-6-8-4-2-1-3-5-8/h1-7,11H,8-9H2;1-7H/b2*7-6+. The number of allylic oxidation sites excluding steroid dienone is 1. The van der Waals surface area contributed by atoms with Crippen LogP contribution in [-0.2, 0) is 19.1 Å². The van der Waals surface area contributed by atoms with Crippen LogP contribution >= 0.6 is 11.6 Å². The van der Waals surface area contributed by atoms with Crippen molar-refractivity contribution in [2.45, 2.75) is 6.10 Å². The average molecular weight is 371 g/mol. The van der Waals surface area contributed by atoms with E-state index in [0.717, 1.165) is 11.1 Å². The molecule has 0 amide bonds. The van der Waals surface area contributed by atoms with Crippen LogP contribution in [0.15, 0.2) is 72.8 Å². The SMILES string of the molecule is O=C(/C=C/c1ccccc1)OCC1CO1.O=C(Cl)/C=C/c1ccccc1. The van der Waals surface area contributed by atoms with Crippen molar-refractivity contribution in [3.63, 3.8) is 0 Å². The summed E-state index contributed by atoms with van der Waals surface area (Å²) >= 11 is 5.10. The minimum absolute atomic E-state index is 0.124. The van der Waals surface area contributed by atoms with E-state index in [4.69, 9.17) is 21.1 Å². The topological polar surface area (TPSA) is 55.9 Å². The maximum atomic E-state index is 11.2. The first-order valence-electron chi connectivity index (χ1n) is 8.07. The summed E-state index contributed by atoms with van der Waals surface area (Å²) in [5.41, 5.74) is 1.96. The smallest absolute Gasteiger partial charge is 0.330 e. The van der Waals surface area contributed by atoms with Crippen LogP contribution in [0.25, 0.3) is 12.2 Å². The molecule has 0 radical (unpaired) electrons. The number of epoxide rings is 1. The van der Waals surface area contributed by atoms with Crippen LogP contribution in [0.1, 0.15) is 11.1 Å². The van der Waals surface area contributed by atoms with E-state index in [1.165, 1.54) is 12.2 Å². The Hall–Kier alpha value is -2.69. The van der Waals surface area contributed by atoms with E-state index < -0.39 is 5.24 Å². The van der Waals surface area contributed by atoms with Crippen molar-refractivity contribution < 1.29 is 19.1 Å². The molecule has 0 aromatic heterocycles.